The number of hydrogen-bond acceptors (Lipinski definition) is 5. The number of aromatic nitrogens is 2. The second kappa shape index (κ2) is 9.61. The molecule has 1 aromatic rings. The Morgan fingerprint density at radius 3 is 2.74 bits per heavy atom. The molecule has 0 radical (unpaired) electrons. The fourth-order valence-electron chi connectivity index (χ4n) is 1.56. The third-order valence-corrected chi connectivity index (χ3v) is 3.25. The summed E-state index contributed by atoms with van der Waals surface area (Å²) in [5.74, 6) is 1.72. The highest BCUT2D eigenvalue weighted by Crippen LogP contribution is 2.02. The average Bonchev–Trinajstić information content (AvgIpc) is 2.43. The van der Waals surface area contributed by atoms with Crippen LogP contribution in [0.25, 0.3) is 0 Å². The van der Waals surface area contributed by atoms with Crippen molar-refractivity contribution in [1.29, 1.82) is 0 Å². The summed E-state index contributed by atoms with van der Waals surface area (Å²) in [4.78, 5) is 20.0. The number of carbonyl (C=O) groups excluding carboxylic acids is 1. The first-order valence-electron chi connectivity index (χ1n) is 6.61. The number of anilines is 1. The predicted octanol–water partition coefficient (Wildman–Crippen LogP) is 2.17. The lowest BCUT2D eigenvalue weighted by Gasteiger charge is -2.05. The molecule has 1 heterocycles. The van der Waals surface area contributed by atoms with E-state index < -0.39 is 0 Å². The lowest BCUT2D eigenvalue weighted by atomic mass is 10.2. The number of hydrogen-bond donors (Lipinski definition) is 2. The molecule has 5 nitrogen and oxygen atoms in total. The lowest BCUT2D eigenvalue weighted by Crippen LogP contribution is -2.25. The molecule has 0 aliphatic rings. The Balaban J connectivity index is 2.25. The Bertz CT molecular complexity index is 369. The minimum absolute atomic E-state index is 0.152. The number of nitrogens with zero attached hydrogens (tertiary/aromatic N) is 2. The van der Waals surface area contributed by atoms with E-state index in [1.54, 1.807) is 6.20 Å². The van der Waals surface area contributed by atoms with E-state index in [9.17, 15) is 4.79 Å². The van der Waals surface area contributed by atoms with Gasteiger partial charge in [-0.05, 0) is 31.8 Å². The quantitative estimate of drug-likeness (QED) is 0.680. The van der Waals surface area contributed by atoms with E-state index in [0.29, 0.717) is 18.1 Å². The van der Waals surface area contributed by atoms with Crippen LogP contribution in [0.2, 0.25) is 0 Å². The normalized spacial score (nSPS) is 10.2. The molecule has 6 heteroatoms. The smallest absolute Gasteiger partial charge is 0.271 e. The van der Waals surface area contributed by atoms with Crippen molar-refractivity contribution < 1.29 is 4.79 Å². The number of rotatable bonds is 9. The Kier molecular flexibility index (Phi) is 7.97. The number of carbonyl (C=O) groups is 1. The zero-order valence-corrected chi connectivity index (χ0v) is 12.4. The molecular weight excluding hydrogens is 260 g/mol. The van der Waals surface area contributed by atoms with Crippen molar-refractivity contribution in [2.45, 2.75) is 26.2 Å². The number of amides is 1. The molecule has 2 N–H and O–H groups in total. The van der Waals surface area contributed by atoms with Gasteiger partial charge in [0.2, 0.25) is 0 Å². The van der Waals surface area contributed by atoms with Gasteiger partial charge < -0.3 is 10.6 Å². The van der Waals surface area contributed by atoms with Gasteiger partial charge in [0, 0.05) is 13.1 Å². The van der Waals surface area contributed by atoms with Gasteiger partial charge in [0.15, 0.2) is 0 Å². The lowest BCUT2D eigenvalue weighted by molar-refractivity contribution is 0.0947. The fraction of sp³-hybridized carbons (Fsp3) is 0.615. The molecule has 0 saturated carbocycles. The van der Waals surface area contributed by atoms with Crippen LogP contribution >= 0.6 is 11.8 Å². The van der Waals surface area contributed by atoms with Gasteiger partial charge in [-0.15, -0.1) is 0 Å². The van der Waals surface area contributed by atoms with Gasteiger partial charge in [-0.2, -0.15) is 11.8 Å². The van der Waals surface area contributed by atoms with E-state index in [1.165, 1.54) is 18.4 Å². The first-order chi connectivity index (χ1) is 9.27. The molecule has 1 amide bonds. The first kappa shape index (κ1) is 15.8. The molecule has 0 spiro atoms. The highest BCUT2D eigenvalue weighted by Gasteiger charge is 2.06. The second-order valence-electron chi connectivity index (χ2n) is 4.13. The van der Waals surface area contributed by atoms with Crippen molar-refractivity contribution in [3.8, 4) is 0 Å². The summed E-state index contributed by atoms with van der Waals surface area (Å²) in [6, 6.07) is 0. The maximum absolute atomic E-state index is 11.8. The fourth-order valence-corrected chi connectivity index (χ4v) is 2.05. The van der Waals surface area contributed by atoms with Gasteiger partial charge in [-0.3, -0.25) is 4.79 Å². The van der Waals surface area contributed by atoms with Gasteiger partial charge in [-0.25, -0.2) is 9.97 Å². The van der Waals surface area contributed by atoms with Crippen molar-refractivity contribution in [3.63, 3.8) is 0 Å². The van der Waals surface area contributed by atoms with Crippen molar-refractivity contribution in [2.75, 3.05) is 30.4 Å². The zero-order valence-electron chi connectivity index (χ0n) is 11.6. The van der Waals surface area contributed by atoms with E-state index in [2.05, 4.69) is 26.9 Å². The van der Waals surface area contributed by atoms with Gasteiger partial charge in [0.25, 0.3) is 5.91 Å². The van der Waals surface area contributed by atoms with Crippen LogP contribution in [0.3, 0.4) is 0 Å². The van der Waals surface area contributed by atoms with Crippen LogP contribution in [0, 0.1) is 0 Å². The van der Waals surface area contributed by atoms with Gasteiger partial charge in [0.1, 0.15) is 11.5 Å². The number of thioether (sulfide) groups is 1. The van der Waals surface area contributed by atoms with Gasteiger partial charge in [0.05, 0.1) is 12.4 Å². The van der Waals surface area contributed by atoms with E-state index >= 15 is 0 Å². The van der Waals surface area contributed by atoms with E-state index in [4.69, 9.17) is 0 Å². The highest BCUT2D eigenvalue weighted by molar-refractivity contribution is 7.98. The topological polar surface area (TPSA) is 66.9 Å². The molecule has 0 saturated heterocycles. The maximum atomic E-state index is 11.8. The van der Waals surface area contributed by atoms with E-state index in [1.807, 2.05) is 18.7 Å². The van der Waals surface area contributed by atoms with Crippen LogP contribution in [0.1, 0.15) is 36.7 Å². The molecule has 0 unspecified atom stereocenters. The summed E-state index contributed by atoms with van der Waals surface area (Å²) in [6.07, 6.45) is 8.55. The summed E-state index contributed by atoms with van der Waals surface area (Å²) in [5.41, 5.74) is 0.366. The van der Waals surface area contributed by atoms with E-state index in [-0.39, 0.29) is 5.91 Å². The molecular formula is C13H22N4OS. The minimum Gasteiger partial charge on any atom is -0.369 e. The SMILES string of the molecule is CCNc1cnc(C(=O)NCCCCCSC)cn1. The summed E-state index contributed by atoms with van der Waals surface area (Å²) in [7, 11) is 0. The Morgan fingerprint density at radius 2 is 2.11 bits per heavy atom. The van der Waals surface area contributed by atoms with Crippen LogP contribution in [0.5, 0.6) is 0 Å². The predicted molar refractivity (Wildman–Crippen MR) is 80.8 cm³/mol. The largest absolute Gasteiger partial charge is 0.369 e. The molecule has 0 aliphatic heterocycles. The van der Waals surface area contributed by atoms with Crippen molar-refractivity contribution >= 4 is 23.5 Å². The van der Waals surface area contributed by atoms with Gasteiger partial charge in [-0.1, -0.05) is 6.42 Å². The molecule has 0 aliphatic carbocycles. The first-order valence-corrected chi connectivity index (χ1v) is 8.00. The molecule has 1 aromatic heterocycles. The van der Waals surface area contributed by atoms with Crippen molar-refractivity contribution in [2.24, 2.45) is 0 Å². The molecule has 19 heavy (non-hydrogen) atoms. The van der Waals surface area contributed by atoms with Gasteiger partial charge >= 0.3 is 0 Å². The molecule has 0 bridgehead atoms. The minimum atomic E-state index is -0.152. The van der Waals surface area contributed by atoms with E-state index in [0.717, 1.165) is 19.4 Å². The number of nitrogens with one attached hydrogen (secondary N) is 2. The summed E-state index contributed by atoms with van der Waals surface area (Å²) >= 11 is 1.86. The molecule has 0 fully saturated rings. The highest BCUT2D eigenvalue weighted by atomic mass is 32.2. The molecule has 0 atom stereocenters. The van der Waals surface area contributed by atoms with Crippen LogP contribution in [-0.4, -0.2) is 41.0 Å². The monoisotopic (exact) mass is 282 g/mol. The van der Waals surface area contributed by atoms with Crippen LogP contribution in [0.15, 0.2) is 12.4 Å². The maximum Gasteiger partial charge on any atom is 0.271 e. The van der Waals surface area contributed by atoms with Crippen LogP contribution in [-0.2, 0) is 0 Å². The molecule has 106 valence electrons. The Morgan fingerprint density at radius 1 is 1.26 bits per heavy atom. The van der Waals surface area contributed by atoms with Crippen molar-refractivity contribution in [3.05, 3.63) is 18.1 Å². The third kappa shape index (κ3) is 6.42. The molecule has 0 aromatic carbocycles. The molecule has 1 rings (SSSR count). The summed E-state index contributed by atoms with van der Waals surface area (Å²) in [6.45, 7) is 3.47. The van der Waals surface area contributed by atoms with Crippen LogP contribution < -0.4 is 10.6 Å². The Labute approximate surface area is 119 Å². The summed E-state index contributed by atoms with van der Waals surface area (Å²) in [5, 5.41) is 5.90. The zero-order chi connectivity index (χ0) is 13.9. The average molecular weight is 282 g/mol. The number of unbranched alkanes of at least 4 members (excludes halogenated alkanes) is 2. The second-order valence-corrected chi connectivity index (χ2v) is 5.11. The Hall–Kier alpha value is -1.30. The summed E-state index contributed by atoms with van der Waals surface area (Å²) < 4.78 is 0. The third-order valence-electron chi connectivity index (χ3n) is 2.55. The van der Waals surface area contributed by atoms with Crippen molar-refractivity contribution in [1.82, 2.24) is 15.3 Å². The van der Waals surface area contributed by atoms with Crippen LogP contribution in [0.4, 0.5) is 5.82 Å². The standard InChI is InChI=1S/C13H22N4OS/c1-3-14-12-10-16-11(9-17-12)13(18)15-7-5-4-6-8-19-2/h9-10H,3-8H2,1-2H3,(H,14,17)(H,15,18).